The molecule has 0 saturated carbocycles. The normalized spacial score (nSPS) is 15.6. The molecule has 0 amide bonds. The first-order chi connectivity index (χ1) is 34.6. The summed E-state index contributed by atoms with van der Waals surface area (Å²) in [4.78, 5) is 16.8. The van der Waals surface area contributed by atoms with Crippen LogP contribution in [0, 0.1) is 0 Å². The lowest BCUT2D eigenvalue weighted by atomic mass is 9.70. The zero-order chi connectivity index (χ0) is 46.3. The number of fused-ring (bicyclic) bond motifs is 11. The predicted octanol–water partition coefficient (Wildman–Crippen LogP) is 16.9. The summed E-state index contributed by atoms with van der Waals surface area (Å²) in [7, 11) is 0. The van der Waals surface area contributed by atoms with Crippen molar-refractivity contribution >= 4 is 43.5 Å². The fraction of sp³-hybridized carbons (Fsp3) is 0.106. The Labute approximate surface area is 407 Å². The minimum Gasteiger partial charge on any atom is -0.456 e. The van der Waals surface area contributed by atoms with E-state index in [0.717, 1.165) is 68.8 Å². The first-order valence-electron chi connectivity index (χ1n) is 24.7. The van der Waals surface area contributed by atoms with Crippen LogP contribution in [0.1, 0.15) is 64.5 Å². The van der Waals surface area contributed by atoms with Gasteiger partial charge in [-0.2, -0.15) is 0 Å². The largest absolute Gasteiger partial charge is 0.456 e. The molecule has 3 atom stereocenters. The molecule has 2 aliphatic rings. The second kappa shape index (κ2) is 16.4. The van der Waals surface area contributed by atoms with Crippen LogP contribution in [0.25, 0.3) is 99.9 Å². The van der Waals surface area contributed by atoms with Crippen molar-refractivity contribution in [3.05, 3.63) is 246 Å². The van der Waals surface area contributed by atoms with Gasteiger partial charge in [0.25, 0.3) is 0 Å². The second-order valence-electron chi connectivity index (χ2n) is 19.3. The van der Waals surface area contributed by atoms with Crippen LogP contribution in [0.3, 0.4) is 0 Å². The smallest absolute Gasteiger partial charge is 0.164 e. The highest BCUT2D eigenvalue weighted by Crippen LogP contribution is 2.51. The number of para-hydroxylation sites is 1. The Hall–Kier alpha value is -8.47. The number of benzene rings is 10. The summed E-state index contributed by atoms with van der Waals surface area (Å²) in [6.45, 7) is 2.38. The molecular weight excluding hydrogens is 851 g/mol. The van der Waals surface area contributed by atoms with Crippen molar-refractivity contribution in [1.29, 1.82) is 0 Å². The van der Waals surface area contributed by atoms with E-state index in [1.807, 2.05) is 0 Å². The second-order valence-corrected chi connectivity index (χ2v) is 19.3. The van der Waals surface area contributed by atoms with E-state index in [-0.39, 0.29) is 17.8 Å². The van der Waals surface area contributed by atoms with Crippen LogP contribution in [0.4, 0.5) is 0 Å². The summed E-state index contributed by atoms with van der Waals surface area (Å²) in [6.07, 6.45) is 2.70. The van der Waals surface area contributed by atoms with Gasteiger partial charge < -0.3 is 4.42 Å². The molecule has 4 heteroatoms. The van der Waals surface area contributed by atoms with Crippen molar-refractivity contribution in [3.8, 4) is 56.4 Å². The van der Waals surface area contributed by atoms with Crippen LogP contribution < -0.4 is 0 Å². The summed E-state index contributed by atoms with van der Waals surface area (Å²) in [5.41, 5.74) is 17.5. The average Bonchev–Trinajstić information content (AvgIpc) is 3.73. The van der Waals surface area contributed by atoms with Crippen LogP contribution in [-0.2, 0) is 12.8 Å². The lowest BCUT2D eigenvalue weighted by Crippen LogP contribution is -2.18. The van der Waals surface area contributed by atoms with Crippen molar-refractivity contribution in [1.82, 2.24) is 15.0 Å². The van der Waals surface area contributed by atoms with Crippen LogP contribution in [0.5, 0.6) is 0 Å². The van der Waals surface area contributed by atoms with Gasteiger partial charge in [-0.15, -0.1) is 0 Å². The topological polar surface area (TPSA) is 51.8 Å². The predicted molar refractivity (Wildman–Crippen MR) is 287 cm³/mol. The van der Waals surface area contributed by atoms with Crippen LogP contribution >= 0.6 is 0 Å². The molecule has 2 aromatic heterocycles. The molecule has 0 bridgehead atoms. The molecule has 0 aliphatic heterocycles. The van der Waals surface area contributed by atoms with Gasteiger partial charge in [-0.05, 0) is 133 Å². The van der Waals surface area contributed by atoms with E-state index in [4.69, 9.17) is 19.4 Å². The van der Waals surface area contributed by atoms with Gasteiger partial charge >= 0.3 is 0 Å². The van der Waals surface area contributed by atoms with Crippen LogP contribution in [0.2, 0.25) is 0 Å². The van der Waals surface area contributed by atoms with Gasteiger partial charge in [-0.1, -0.05) is 189 Å². The minimum atomic E-state index is -0.0348. The van der Waals surface area contributed by atoms with E-state index < -0.39 is 0 Å². The quantitative estimate of drug-likeness (QED) is 0.167. The summed E-state index contributed by atoms with van der Waals surface area (Å²) in [6, 6.07) is 77.2. The summed E-state index contributed by atoms with van der Waals surface area (Å²) >= 11 is 0. The Balaban J connectivity index is 1.04. The van der Waals surface area contributed by atoms with Crippen molar-refractivity contribution < 1.29 is 4.42 Å². The average molecular weight is 898 g/mol. The highest BCUT2D eigenvalue weighted by atomic mass is 16.3. The van der Waals surface area contributed by atoms with E-state index in [1.165, 1.54) is 66.2 Å². The number of hydrogen-bond donors (Lipinski definition) is 0. The Kier molecular flexibility index (Phi) is 9.48. The lowest BCUT2D eigenvalue weighted by molar-refractivity contribution is 0.569. The molecule has 4 nitrogen and oxygen atoms in total. The highest BCUT2D eigenvalue weighted by Gasteiger charge is 2.34. The standard InChI is InChI=1S/C66H47N3O/c1-40(41-16-3-2-4-17-41)58-39-46-22-9-10-23-49(46)53-27-15-28-56(61(53)58)65-67-64(48-31-30-42-18-5-6-19-43(42)37-48)68-66(69-65)57-35-34-55-52-26-13-14-29-60(52)70-63(55)62(57)54-33-32-47-36-44-20-7-8-21-45(44)38-59(47)51-25-12-11-24-50(51)54/h2-31,34-38,40,54,58H,32-33,39H2,1H3. The molecule has 0 N–H and O–H groups in total. The third-order valence-corrected chi connectivity index (χ3v) is 15.5. The van der Waals surface area contributed by atoms with Gasteiger partial charge in [0, 0.05) is 38.9 Å². The number of aromatic nitrogens is 3. The van der Waals surface area contributed by atoms with Crippen molar-refractivity contribution in [3.63, 3.8) is 0 Å². The van der Waals surface area contributed by atoms with Crippen LogP contribution in [0.15, 0.2) is 217 Å². The maximum absolute atomic E-state index is 7.09. The highest BCUT2D eigenvalue weighted by molar-refractivity contribution is 6.08. The molecule has 332 valence electrons. The van der Waals surface area contributed by atoms with Crippen molar-refractivity contribution in [2.45, 2.75) is 43.9 Å². The molecule has 12 aromatic rings. The number of hydrogen-bond acceptors (Lipinski definition) is 4. The Bertz CT molecular complexity index is 4040. The van der Waals surface area contributed by atoms with E-state index in [1.54, 1.807) is 0 Å². The molecular formula is C66H47N3O. The SMILES string of the molecule is CC(c1ccccc1)C1Cc2ccccc2-c2cccc(-c3nc(-c4ccc5ccccc5c4)nc(-c4ccc5c(oc6ccccc65)c4C4CCc5cc6ccccc6cc5-c5ccccc54)n3)c21. The lowest BCUT2D eigenvalue weighted by Gasteiger charge is -2.34. The minimum absolute atomic E-state index is 0.0348. The summed E-state index contributed by atoms with van der Waals surface area (Å²) in [5.74, 6) is 2.32. The molecule has 0 radical (unpaired) electrons. The maximum Gasteiger partial charge on any atom is 0.164 e. The fourth-order valence-corrected chi connectivity index (χ4v) is 12.1. The van der Waals surface area contributed by atoms with E-state index in [9.17, 15) is 0 Å². The van der Waals surface area contributed by atoms with Gasteiger partial charge in [0.1, 0.15) is 11.2 Å². The third-order valence-electron chi connectivity index (χ3n) is 15.5. The molecule has 0 fully saturated rings. The van der Waals surface area contributed by atoms with E-state index in [0.29, 0.717) is 17.5 Å². The van der Waals surface area contributed by atoms with Gasteiger partial charge in [0.2, 0.25) is 0 Å². The van der Waals surface area contributed by atoms with Gasteiger partial charge in [0.05, 0.1) is 0 Å². The zero-order valence-electron chi connectivity index (χ0n) is 38.8. The van der Waals surface area contributed by atoms with Crippen LogP contribution in [-0.4, -0.2) is 15.0 Å². The molecule has 70 heavy (non-hydrogen) atoms. The van der Waals surface area contributed by atoms with E-state index >= 15 is 0 Å². The fourth-order valence-electron chi connectivity index (χ4n) is 12.1. The Morgan fingerprint density at radius 2 is 1.09 bits per heavy atom. The first-order valence-corrected chi connectivity index (χ1v) is 24.7. The number of rotatable bonds is 6. The summed E-state index contributed by atoms with van der Waals surface area (Å²) < 4.78 is 7.09. The molecule has 0 saturated heterocycles. The van der Waals surface area contributed by atoms with E-state index in [2.05, 4.69) is 219 Å². The number of nitrogens with zero attached hydrogens (tertiary/aromatic N) is 3. The van der Waals surface area contributed by atoms with Crippen molar-refractivity contribution in [2.24, 2.45) is 0 Å². The molecule has 14 rings (SSSR count). The monoisotopic (exact) mass is 897 g/mol. The molecule has 0 spiro atoms. The maximum atomic E-state index is 7.09. The van der Waals surface area contributed by atoms with Gasteiger partial charge in [0.15, 0.2) is 17.5 Å². The van der Waals surface area contributed by atoms with Gasteiger partial charge in [-0.3, -0.25) is 0 Å². The molecule has 2 heterocycles. The number of furan rings is 1. The van der Waals surface area contributed by atoms with Gasteiger partial charge in [-0.25, -0.2) is 15.0 Å². The Morgan fingerprint density at radius 1 is 0.443 bits per heavy atom. The zero-order valence-corrected chi connectivity index (χ0v) is 38.8. The molecule has 10 aromatic carbocycles. The molecule has 3 unspecified atom stereocenters. The Morgan fingerprint density at radius 3 is 1.93 bits per heavy atom. The third kappa shape index (κ3) is 6.62. The first kappa shape index (κ1) is 40.6. The molecule has 2 aliphatic carbocycles. The number of aryl methyl sites for hydroxylation is 1. The summed E-state index contributed by atoms with van der Waals surface area (Å²) in [5, 5.41) is 7.03. The van der Waals surface area contributed by atoms with Crippen molar-refractivity contribution in [2.75, 3.05) is 0 Å².